The van der Waals surface area contributed by atoms with E-state index in [1.54, 1.807) is 23.5 Å². The lowest BCUT2D eigenvalue weighted by molar-refractivity contribution is 0.195. The number of amides is 2. The molecular formula is C23H18FN3OS. The van der Waals surface area contributed by atoms with E-state index in [4.69, 9.17) is 0 Å². The maximum absolute atomic E-state index is 13.4. The highest BCUT2D eigenvalue weighted by Crippen LogP contribution is 2.38. The van der Waals surface area contributed by atoms with Crippen LogP contribution in [0.15, 0.2) is 84.4 Å². The first kappa shape index (κ1) is 17.7. The van der Waals surface area contributed by atoms with Crippen LogP contribution >= 0.6 is 11.3 Å². The minimum atomic E-state index is -0.332. The van der Waals surface area contributed by atoms with Gasteiger partial charge in [0.15, 0.2) is 0 Å². The number of halogens is 1. The van der Waals surface area contributed by atoms with Crippen LogP contribution in [-0.2, 0) is 6.54 Å². The Balaban J connectivity index is 1.60. The first-order chi connectivity index (χ1) is 14.2. The number of carbonyl (C=O) groups is 1. The number of thiophene rings is 1. The lowest BCUT2D eigenvalue weighted by atomic mass is 10.1. The zero-order valence-corrected chi connectivity index (χ0v) is 16.3. The Kier molecular flexibility index (Phi) is 4.41. The molecule has 0 saturated carbocycles. The summed E-state index contributed by atoms with van der Waals surface area (Å²) in [5, 5.41) is 4.95. The molecule has 2 amide bonds. The number of carbonyl (C=O) groups excluding carboxylic acids is 1. The lowest BCUT2D eigenvalue weighted by Crippen LogP contribution is -2.37. The van der Waals surface area contributed by atoms with Crippen LogP contribution in [0.5, 0.6) is 0 Å². The normalized spacial score (nSPS) is 15.3. The van der Waals surface area contributed by atoms with Crippen molar-refractivity contribution in [1.82, 2.24) is 9.47 Å². The summed E-state index contributed by atoms with van der Waals surface area (Å²) < 4.78 is 15.4. The molecule has 0 spiro atoms. The maximum atomic E-state index is 13.4. The third-order valence-electron chi connectivity index (χ3n) is 5.13. The number of hydrogen-bond donors (Lipinski definition) is 1. The monoisotopic (exact) mass is 403 g/mol. The van der Waals surface area contributed by atoms with Gasteiger partial charge in [-0.15, -0.1) is 11.3 Å². The zero-order chi connectivity index (χ0) is 19.8. The van der Waals surface area contributed by atoms with Crippen molar-refractivity contribution in [3.05, 3.63) is 106 Å². The predicted octanol–water partition coefficient (Wildman–Crippen LogP) is 5.82. The number of hydrogen-bond acceptors (Lipinski definition) is 2. The van der Waals surface area contributed by atoms with E-state index in [2.05, 4.69) is 28.1 Å². The van der Waals surface area contributed by atoms with E-state index < -0.39 is 0 Å². The van der Waals surface area contributed by atoms with Gasteiger partial charge in [0.2, 0.25) is 0 Å². The number of fused-ring (bicyclic) bond motifs is 3. The van der Waals surface area contributed by atoms with Crippen LogP contribution < -0.4 is 5.32 Å². The van der Waals surface area contributed by atoms with Gasteiger partial charge in [-0.1, -0.05) is 24.3 Å². The van der Waals surface area contributed by atoms with Crippen molar-refractivity contribution < 1.29 is 9.18 Å². The number of rotatable bonds is 2. The van der Waals surface area contributed by atoms with E-state index in [0.29, 0.717) is 12.2 Å². The number of anilines is 1. The highest BCUT2D eigenvalue weighted by molar-refractivity contribution is 7.10. The molecule has 3 heterocycles. The van der Waals surface area contributed by atoms with Gasteiger partial charge in [-0.3, -0.25) is 0 Å². The SMILES string of the molecule is O=C(Nc1ccc(F)cc1)N1Cc2ccccc2-n2cccc2[C@H]1c1cccs1. The van der Waals surface area contributed by atoms with Crippen LogP contribution in [0.4, 0.5) is 14.9 Å². The largest absolute Gasteiger partial charge is 0.323 e. The van der Waals surface area contributed by atoms with Crippen molar-refractivity contribution >= 4 is 23.1 Å². The molecule has 0 unspecified atom stereocenters. The average Bonchev–Trinajstić information content (AvgIpc) is 3.41. The van der Waals surface area contributed by atoms with Gasteiger partial charge in [-0.05, 0) is 59.5 Å². The highest BCUT2D eigenvalue weighted by Gasteiger charge is 2.33. The molecule has 144 valence electrons. The fourth-order valence-corrected chi connectivity index (χ4v) is 4.66. The molecule has 0 radical (unpaired) electrons. The van der Waals surface area contributed by atoms with Gasteiger partial charge < -0.3 is 14.8 Å². The van der Waals surface area contributed by atoms with Crippen molar-refractivity contribution in [3.8, 4) is 5.69 Å². The molecule has 4 aromatic rings. The van der Waals surface area contributed by atoms with Gasteiger partial charge in [0.05, 0.1) is 17.9 Å². The summed E-state index contributed by atoms with van der Waals surface area (Å²) >= 11 is 1.63. The summed E-state index contributed by atoms with van der Waals surface area (Å²) in [5.41, 5.74) is 3.74. The molecule has 0 fully saturated rings. The highest BCUT2D eigenvalue weighted by atomic mass is 32.1. The summed E-state index contributed by atoms with van der Waals surface area (Å²) in [6, 6.07) is 21.6. The molecule has 1 N–H and O–H groups in total. The fraction of sp³-hybridized carbons (Fsp3) is 0.0870. The van der Waals surface area contributed by atoms with Gasteiger partial charge in [0, 0.05) is 16.8 Å². The van der Waals surface area contributed by atoms with Gasteiger partial charge in [-0.25, -0.2) is 9.18 Å². The number of nitrogens with one attached hydrogen (secondary N) is 1. The zero-order valence-electron chi connectivity index (χ0n) is 15.5. The summed E-state index contributed by atoms with van der Waals surface area (Å²) in [4.78, 5) is 16.3. The predicted molar refractivity (Wildman–Crippen MR) is 113 cm³/mol. The summed E-state index contributed by atoms with van der Waals surface area (Å²) in [6.45, 7) is 0.466. The Morgan fingerprint density at radius 3 is 2.62 bits per heavy atom. The van der Waals surface area contributed by atoms with E-state index in [-0.39, 0.29) is 17.9 Å². The van der Waals surface area contributed by atoms with E-state index >= 15 is 0 Å². The molecule has 4 nitrogen and oxygen atoms in total. The average molecular weight is 403 g/mol. The van der Waals surface area contributed by atoms with E-state index in [1.807, 2.05) is 46.8 Å². The molecule has 6 heteroatoms. The van der Waals surface area contributed by atoms with Gasteiger partial charge in [0.25, 0.3) is 0 Å². The molecule has 29 heavy (non-hydrogen) atoms. The van der Waals surface area contributed by atoms with E-state index in [0.717, 1.165) is 21.8 Å². The third-order valence-corrected chi connectivity index (χ3v) is 6.06. The quantitative estimate of drug-likeness (QED) is 0.450. The molecule has 0 aliphatic carbocycles. The lowest BCUT2D eigenvalue weighted by Gasteiger charge is -2.30. The molecule has 0 bridgehead atoms. The van der Waals surface area contributed by atoms with Crippen molar-refractivity contribution in [2.75, 3.05) is 5.32 Å². The standard InChI is InChI=1S/C23H18FN3OS/c24-17-9-11-18(12-10-17)25-23(28)27-15-16-5-1-2-6-19(16)26-13-3-7-20(26)22(27)21-8-4-14-29-21/h1-14,22H,15H2,(H,25,28)/t22-/m0/s1. The second-order valence-corrected chi connectivity index (χ2v) is 7.89. The number of urea groups is 1. The molecule has 2 aromatic carbocycles. The van der Waals surface area contributed by atoms with Crippen LogP contribution in [0.25, 0.3) is 5.69 Å². The topological polar surface area (TPSA) is 37.3 Å². The summed E-state index contributed by atoms with van der Waals surface area (Å²) in [5.74, 6) is -0.332. The van der Waals surface area contributed by atoms with Crippen LogP contribution in [0, 0.1) is 5.82 Å². The Morgan fingerprint density at radius 2 is 1.83 bits per heavy atom. The van der Waals surface area contributed by atoms with Gasteiger partial charge in [-0.2, -0.15) is 0 Å². The Bertz CT molecular complexity index is 1150. The van der Waals surface area contributed by atoms with Crippen molar-refractivity contribution in [1.29, 1.82) is 0 Å². The molecule has 1 aliphatic heterocycles. The van der Waals surface area contributed by atoms with E-state index in [1.165, 1.54) is 12.1 Å². The van der Waals surface area contributed by atoms with Crippen molar-refractivity contribution in [3.63, 3.8) is 0 Å². The minimum Gasteiger partial charge on any atom is -0.318 e. The first-order valence-electron chi connectivity index (χ1n) is 9.33. The van der Waals surface area contributed by atoms with Crippen LogP contribution in [-0.4, -0.2) is 15.5 Å². The van der Waals surface area contributed by atoms with Crippen LogP contribution in [0.3, 0.4) is 0 Å². The van der Waals surface area contributed by atoms with Crippen LogP contribution in [0.1, 0.15) is 22.2 Å². The smallest absolute Gasteiger partial charge is 0.318 e. The molecule has 2 aromatic heterocycles. The molecule has 5 rings (SSSR count). The second-order valence-electron chi connectivity index (χ2n) is 6.91. The van der Waals surface area contributed by atoms with Crippen molar-refractivity contribution in [2.24, 2.45) is 0 Å². The molecule has 1 atom stereocenters. The maximum Gasteiger partial charge on any atom is 0.323 e. The summed E-state index contributed by atoms with van der Waals surface area (Å²) in [7, 11) is 0. The number of para-hydroxylation sites is 1. The Hall–Kier alpha value is -3.38. The Labute approximate surface area is 171 Å². The van der Waals surface area contributed by atoms with Gasteiger partial charge in [0.1, 0.15) is 11.9 Å². The molecule has 0 saturated heterocycles. The number of aromatic nitrogens is 1. The van der Waals surface area contributed by atoms with E-state index in [9.17, 15) is 9.18 Å². The minimum absolute atomic E-state index is 0.223. The third kappa shape index (κ3) is 3.21. The molecular weight excluding hydrogens is 385 g/mol. The van der Waals surface area contributed by atoms with Crippen LogP contribution in [0.2, 0.25) is 0 Å². The number of benzene rings is 2. The first-order valence-corrected chi connectivity index (χ1v) is 10.2. The fourth-order valence-electron chi connectivity index (χ4n) is 3.81. The summed E-state index contributed by atoms with van der Waals surface area (Å²) in [6.07, 6.45) is 2.04. The van der Waals surface area contributed by atoms with Gasteiger partial charge >= 0.3 is 6.03 Å². The molecule has 1 aliphatic rings. The Morgan fingerprint density at radius 1 is 1.00 bits per heavy atom. The second kappa shape index (κ2) is 7.22. The van der Waals surface area contributed by atoms with Crippen molar-refractivity contribution in [2.45, 2.75) is 12.6 Å². The number of nitrogens with zero attached hydrogens (tertiary/aromatic N) is 2.